The number of para-hydroxylation sites is 1. The van der Waals surface area contributed by atoms with E-state index in [0.29, 0.717) is 11.1 Å². The Labute approximate surface area is 185 Å². The standard InChI is InChI=1S/C27H20N5/c1-32(2)26-6-4-3-5-19(26)27(22-15-30-24-9-7-17(13-28)11-20(22)24)23-16-31-25-10-8-18(14-29)12-21(23)25/h3-12,15-16,27,30-31H,1H2,2H3/q+1. The van der Waals surface area contributed by atoms with E-state index in [-0.39, 0.29) is 5.92 Å². The van der Waals surface area contributed by atoms with Gasteiger partial charge in [-0.2, -0.15) is 10.5 Å². The maximum Gasteiger partial charge on any atom is 0.208 e. The SMILES string of the molecule is C=[N+](C)c1ccccc1C(c1c[nH]c2ccc(C#N)cc12)c1c[nH]c2ccc(C#N)cc12. The molecule has 0 bridgehead atoms. The molecule has 32 heavy (non-hydrogen) atoms. The fourth-order valence-electron chi connectivity index (χ4n) is 4.48. The molecular weight excluding hydrogens is 394 g/mol. The second-order valence-corrected chi connectivity index (χ2v) is 7.92. The normalized spacial score (nSPS) is 11.0. The molecule has 2 heterocycles. The molecule has 0 aliphatic heterocycles. The van der Waals surface area contributed by atoms with Gasteiger partial charge in [-0.3, -0.25) is 0 Å². The molecule has 0 aliphatic carbocycles. The lowest BCUT2D eigenvalue weighted by Crippen LogP contribution is -2.07. The Morgan fingerprint density at radius 2 is 1.31 bits per heavy atom. The monoisotopic (exact) mass is 414 g/mol. The summed E-state index contributed by atoms with van der Waals surface area (Å²) in [6.45, 7) is 4.13. The van der Waals surface area contributed by atoms with Crippen LogP contribution in [-0.2, 0) is 0 Å². The molecule has 0 aliphatic rings. The van der Waals surface area contributed by atoms with E-state index in [1.807, 2.05) is 72.5 Å². The average molecular weight is 414 g/mol. The second-order valence-electron chi connectivity index (χ2n) is 7.92. The molecule has 0 unspecified atom stereocenters. The van der Waals surface area contributed by atoms with Crippen LogP contribution in [0.4, 0.5) is 5.69 Å². The maximum absolute atomic E-state index is 9.47. The number of nitriles is 2. The smallest absolute Gasteiger partial charge is 0.208 e. The third-order valence-electron chi connectivity index (χ3n) is 5.97. The molecule has 0 radical (unpaired) electrons. The van der Waals surface area contributed by atoms with Crippen LogP contribution < -0.4 is 0 Å². The zero-order valence-electron chi connectivity index (χ0n) is 17.6. The largest absolute Gasteiger partial charge is 0.361 e. The number of rotatable bonds is 4. The number of nitrogens with zero attached hydrogens (tertiary/aromatic N) is 3. The Balaban J connectivity index is 1.86. The predicted octanol–water partition coefficient (Wildman–Crippen LogP) is 5.55. The number of hydrogen-bond acceptors (Lipinski definition) is 2. The van der Waals surface area contributed by atoms with Gasteiger partial charge in [0.15, 0.2) is 0 Å². The Hall–Kier alpha value is -4.61. The van der Waals surface area contributed by atoms with Gasteiger partial charge in [-0.1, -0.05) is 18.2 Å². The highest BCUT2D eigenvalue weighted by Gasteiger charge is 2.28. The molecule has 0 amide bonds. The van der Waals surface area contributed by atoms with Crippen molar-refractivity contribution in [1.82, 2.24) is 9.97 Å². The molecule has 5 rings (SSSR count). The number of nitrogens with one attached hydrogen (secondary N) is 2. The van der Waals surface area contributed by atoms with Gasteiger partial charge in [0.1, 0.15) is 13.8 Å². The van der Waals surface area contributed by atoms with Crippen LogP contribution in [0.5, 0.6) is 0 Å². The van der Waals surface area contributed by atoms with Crippen molar-refractivity contribution in [2.45, 2.75) is 5.92 Å². The fourth-order valence-corrected chi connectivity index (χ4v) is 4.48. The van der Waals surface area contributed by atoms with Gasteiger partial charge in [-0.05, 0) is 47.5 Å². The van der Waals surface area contributed by atoms with Gasteiger partial charge in [0.25, 0.3) is 0 Å². The number of benzene rings is 3. The van der Waals surface area contributed by atoms with Crippen LogP contribution in [0.1, 0.15) is 33.7 Å². The third-order valence-corrected chi connectivity index (χ3v) is 5.97. The van der Waals surface area contributed by atoms with E-state index < -0.39 is 0 Å². The quantitative estimate of drug-likeness (QED) is 0.299. The van der Waals surface area contributed by atoms with Crippen molar-refractivity contribution in [3.63, 3.8) is 0 Å². The zero-order chi connectivity index (χ0) is 22.2. The van der Waals surface area contributed by atoms with Gasteiger partial charge in [0.2, 0.25) is 5.69 Å². The summed E-state index contributed by atoms with van der Waals surface area (Å²) in [6.07, 6.45) is 4.03. The van der Waals surface area contributed by atoms with E-state index in [1.54, 1.807) is 0 Å². The highest BCUT2D eigenvalue weighted by Crippen LogP contribution is 2.42. The fraction of sp³-hybridized carbons (Fsp3) is 0.0741. The van der Waals surface area contributed by atoms with Crippen molar-refractivity contribution >= 4 is 34.2 Å². The van der Waals surface area contributed by atoms with E-state index in [9.17, 15) is 10.5 Å². The number of H-pyrrole nitrogens is 2. The molecule has 0 saturated heterocycles. The summed E-state index contributed by atoms with van der Waals surface area (Å²) in [6, 6.07) is 24.1. The second kappa shape index (κ2) is 7.58. The molecule has 0 fully saturated rings. The van der Waals surface area contributed by atoms with Gasteiger partial charge in [-0.15, -0.1) is 0 Å². The lowest BCUT2D eigenvalue weighted by atomic mass is 9.83. The van der Waals surface area contributed by atoms with Crippen LogP contribution >= 0.6 is 0 Å². The Bertz CT molecular complexity index is 1490. The first kappa shape index (κ1) is 19.4. The van der Waals surface area contributed by atoms with Crippen molar-refractivity contribution in [1.29, 1.82) is 10.5 Å². The molecule has 5 aromatic rings. The molecule has 0 spiro atoms. The lowest BCUT2D eigenvalue weighted by Gasteiger charge is -2.18. The third kappa shape index (κ3) is 3.05. The van der Waals surface area contributed by atoms with Gasteiger partial charge in [0.05, 0.1) is 23.3 Å². The van der Waals surface area contributed by atoms with E-state index in [2.05, 4.69) is 41.0 Å². The summed E-state index contributed by atoms with van der Waals surface area (Å²) < 4.78 is 1.87. The van der Waals surface area contributed by atoms with Gasteiger partial charge >= 0.3 is 0 Å². The van der Waals surface area contributed by atoms with E-state index in [1.165, 1.54) is 0 Å². The highest BCUT2D eigenvalue weighted by atomic mass is 14.9. The molecule has 5 heteroatoms. The molecule has 0 saturated carbocycles. The summed E-state index contributed by atoms with van der Waals surface area (Å²) >= 11 is 0. The van der Waals surface area contributed by atoms with E-state index in [4.69, 9.17) is 0 Å². The summed E-state index contributed by atoms with van der Waals surface area (Å²) in [5, 5.41) is 20.9. The predicted molar refractivity (Wildman–Crippen MR) is 126 cm³/mol. The summed E-state index contributed by atoms with van der Waals surface area (Å²) in [5.41, 5.74) is 7.41. The molecule has 152 valence electrons. The Morgan fingerprint density at radius 3 is 1.81 bits per heavy atom. The molecule has 2 N–H and O–H groups in total. The summed E-state index contributed by atoms with van der Waals surface area (Å²) in [5.74, 6) is -0.138. The van der Waals surface area contributed by atoms with E-state index >= 15 is 0 Å². The van der Waals surface area contributed by atoms with Gasteiger partial charge in [-0.25, -0.2) is 4.58 Å². The summed E-state index contributed by atoms with van der Waals surface area (Å²) in [7, 11) is 1.93. The van der Waals surface area contributed by atoms with Crippen LogP contribution in [0.15, 0.2) is 73.1 Å². The molecule has 3 aromatic carbocycles. The molecule has 2 aromatic heterocycles. The number of fused-ring (bicyclic) bond motifs is 2. The maximum atomic E-state index is 9.47. The van der Waals surface area contributed by atoms with Crippen molar-refractivity contribution in [2.75, 3.05) is 7.05 Å². The minimum Gasteiger partial charge on any atom is -0.361 e. The first-order chi connectivity index (χ1) is 15.6. The van der Waals surface area contributed by atoms with E-state index in [0.717, 1.165) is 44.2 Å². The zero-order valence-corrected chi connectivity index (χ0v) is 17.6. The summed E-state index contributed by atoms with van der Waals surface area (Å²) in [4.78, 5) is 6.74. The van der Waals surface area contributed by atoms with Crippen LogP contribution in [0.2, 0.25) is 0 Å². The van der Waals surface area contributed by atoms with Crippen LogP contribution in [0.25, 0.3) is 21.8 Å². The van der Waals surface area contributed by atoms with Crippen molar-refractivity contribution in [3.8, 4) is 12.1 Å². The average Bonchev–Trinajstić information content (AvgIpc) is 3.43. The first-order valence-electron chi connectivity index (χ1n) is 10.3. The number of aromatic nitrogens is 2. The van der Waals surface area contributed by atoms with Crippen molar-refractivity contribution in [2.24, 2.45) is 0 Å². The number of hydrogen-bond donors (Lipinski definition) is 2. The topological polar surface area (TPSA) is 82.2 Å². The minimum absolute atomic E-state index is 0.138. The Morgan fingerprint density at radius 1 is 0.781 bits per heavy atom. The molecule has 0 atom stereocenters. The van der Waals surface area contributed by atoms with Crippen molar-refractivity contribution in [3.05, 3.63) is 101 Å². The van der Waals surface area contributed by atoms with Gasteiger partial charge in [0, 0.05) is 51.7 Å². The highest BCUT2D eigenvalue weighted by molar-refractivity contribution is 5.90. The minimum atomic E-state index is -0.138. The van der Waals surface area contributed by atoms with Crippen molar-refractivity contribution < 1.29 is 4.58 Å². The van der Waals surface area contributed by atoms with Gasteiger partial charge < -0.3 is 9.97 Å². The lowest BCUT2D eigenvalue weighted by molar-refractivity contribution is -0.395. The van der Waals surface area contributed by atoms with Crippen LogP contribution in [0, 0.1) is 22.7 Å². The van der Waals surface area contributed by atoms with Crippen LogP contribution in [-0.4, -0.2) is 28.3 Å². The first-order valence-corrected chi connectivity index (χ1v) is 10.3. The number of aromatic amines is 2. The Kier molecular flexibility index (Phi) is 4.58. The van der Waals surface area contributed by atoms with Crippen LogP contribution in [0.3, 0.4) is 0 Å². The molecule has 5 nitrogen and oxygen atoms in total. The molecular formula is C27H20N5+.